The van der Waals surface area contributed by atoms with Gasteiger partial charge >= 0.3 is 0 Å². The van der Waals surface area contributed by atoms with Gasteiger partial charge in [-0.15, -0.1) is 0 Å². The smallest absolute Gasteiger partial charge is 0.157 e. The van der Waals surface area contributed by atoms with E-state index in [0.29, 0.717) is 12.1 Å². The molecule has 0 spiro atoms. The molecule has 0 aromatic carbocycles. The van der Waals surface area contributed by atoms with Crippen LogP contribution in [0.3, 0.4) is 0 Å². The molecular formula is C14H23N3O. The third kappa shape index (κ3) is 2.70. The molecule has 100 valence electrons. The standard InChI is InChI=1S/C14H23N3O/c1-5-14(6-2,17(3)4)13(18)9-11-10-16-8-7-12(11)15/h7-8,10H,5-6,9H2,1-4H3,(H2,15,16). The Bertz CT molecular complexity index is 411. The van der Waals surface area contributed by atoms with Crippen LogP contribution in [-0.2, 0) is 11.2 Å². The topological polar surface area (TPSA) is 59.2 Å². The summed E-state index contributed by atoms with van der Waals surface area (Å²) in [6.45, 7) is 4.10. The van der Waals surface area contributed by atoms with Gasteiger partial charge in [0, 0.05) is 30.1 Å². The fourth-order valence-corrected chi connectivity index (χ4v) is 2.45. The van der Waals surface area contributed by atoms with Gasteiger partial charge in [0.25, 0.3) is 0 Å². The summed E-state index contributed by atoms with van der Waals surface area (Å²) >= 11 is 0. The zero-order valence-corrected chi connectivity index (χ0v) is 11.7. The van der Waals surface area contributed by atoms with Crippen molar-refractivity contribution in [2.45, 2.75) is 38.6 Å². The van der Waals surface area contributed by atoms with E-state index in [9.17, 15) is 4.79 Å². The number of nitrogens with two attached hydrogens (primary N) is 1. The van der Waals surface area contributed by atoms with Gasteiger partial charge in [-0.25, -0.2) is 0 Å². The molecule has 0 unspecified atom stereocenters. The number of pyridine rings is 1. The maximum absolute atomic E-state index is 12.6. The lowest BCUT2D eigenvalue weighted by molar-refractivity contribution is -0.129. The number of hydrogen-bond donors (Lipinski definition) is 1. The Morgan fingerprint density at radius 1 is 1.39 bits per heavy atom. The van der Waals surface area contributed by atoms with E-state index in [1.807, 2.05) is 32.8 Å². The van der Waals surface area contributed by atoms with Crippen LogP contribution in [0.25, 0.3) is 0 Å². The summed E-state index contributed by atoms with van der Waals surface area (Å²) in [5, 5.41) is 0. The molecule has 0 saturated heterocycles. The lowest BCUT2D eigenvalue weighted by Gasteiger charge is -2.37. The van der Waals surface area contributed by atoms with Crippen LogP contribution < -0.4 is 5.73 Å². The van der Waals surface area contributed by atoms with E-state index in [1.165, 1.54) is 0 Å². The molecule has 2 N–H and O–H groups in total. The summed E-state index contributed by atoms with van der Waals surface area (Å²) in [5.41, 5.74) is 6.92. The quantitative estimate of drug-likeness (QED) is 0.836. The number of likely N-dealkylation sites (N-methyl/N-ethyl adjacent to an activating group) is 1. The third-order valence-electron chi connectivity index (χ3n) is 3.84. The van der Waals surface area contributed by atoms with Crippen LogP contribution in [0.2, 0.25) is 0 Å². The van der Waals surface area contributed by atoms with Crippen LogP contribution in [0.4, 0.5) is 5.69 Å². The molecule has 0 fully saturated rings. The number of nitrogen functional groups attached to an aromatic ring is 1. The second-order valence-electron chi connectivity index (χ2n) is 4.81. The van der Waals surface area contributed by atoms with Gasteiger partial charge in [0.05, 0.1) is 5.54 Å². The van der Waals surface area contributed by atoms with Crippen molar-refractivity contribution in [2.75, 3.05) is 19.8 Å². The molecule has 0 amide bonds. The average Bonchev–Trinajstić information content (AvgIpc) is 2.34. The highest BCUT2D eigenvalue weighted by molar-refractivity contribution is 5.90. The van der Waals surface area contributed by atoms with E-state index in [1.54, 1.807) is 18.5 Å². The van der Waals surface area contributed by atoms with Crippen LogP contribution in [0, 0.1) is 0 Å². The maximum Gasteiger partial charge on any atom is 0.157 e. The second-order valence-corrected chi connectivity index (χ2v) is 4.81. The highest BCUT2D eigenvalue weighted by Gasteiger charge is 2.36. The number of rotatable bonds is 6. The number of hydrogen-bond acceptors (Lipinski definition) is 4. The molecule has 0 aliphatic rings. The zero-order chi connectivity index (χ0) is 13.8. The van der Waals surface area contributed by atoms with E-state index < -0.39 is 5.54 Å². The minimum absolute atomic E-state index is 0.206. The van der Waals surface area contributed by atoms with Gasteiger partial charge < -0.3 is 5.73 Å². The third-order valence-corrected chi connectivity index (χ3v) is 3.84. The zero-order valence-electron chi connectivity index (χ0n) is 11.7. The Morgan fingerprint density at radius 2 is 2.00 bits per heavy atom. The van der Waals surface area contributed by atoms with E-state index in [2.05, 4.69) is 4.98 Å². The summed E-state index contributed by atoms with van der Waals surface area (Å²) in [6.07, 6.45) is 5.27. The van der Waals surface area contributed by atoms with Crippen LogP contribution in [-0.4, -0.2) is 35.3 Å². The van der Waals surface area contributed by atoms with Crippen molar-refractivity contribution in [3.63, 3.8) is 0 Å². The summed E-state index contributed by atoms with van der Waals surface area (Å²) in [7, 11) is 3.91. The van der Waals surface area contributed by atoms with Crippen molar-refractivity contribution in [2.24, 2.45) is 0 Å². The molecule has 18 heavy (non-hydrogen) atoms. The van der Waals surface area contributed by atoms with E-state index in [4.69, 9.17) is 5.73 Å². The van der Waals surface area contributed by atoms with Gasteiger partial charge in [-0.2, -0.15) is 0 Å². The fraction of sp³-hybridized carbons (Fsp3) is 0.571. The number of carbonyl (C=O) groups is 1. The first-order valence-corrected chi connectivity index (χ1v) is 6.37. The van der Waals surface area contributed by atoms with Crippen molar-refractivity contribution in [3.8, 4) is 0 Å². The number of ketones is 1. The normalized spacial score (nSPS) is 11.8. The average molecular weight is 249 g/mol. The molecule has 0 bridgehead atoms. The van der Waals surface area contributed by atoms with Crippen molar-refractivity contribution in [3.05, 3.63) is 24.0 Å². The number of carbonyl (C=O) groups excluding carboxylic acids is 1. The molecule has 4 nitrogen and oxygen atoms in total. The van der Waals surface area contributed by atoms with Gasteiger partial charge in [0.15, 0.2) is 5.78 Å². The molecule has 0 aliphatic heterocycles. The number of Topliss-reactive ketones (excluding diaryl/α,β-unsaturated/α-hetero) is 1. The Hall–Kier alpha value is -1.42. The first-order valence-electron chi connectivity index (χ1n) is 6.37. The largest absolute Gasteiger partial charge is 0.398 e. The molecule has 1 rings (SSSR count). The monoisotopic (exact) mass is 249 g/mol. The molecule has 1 aromatic rings. The van der Waals surface area contributed by atoms with Crippen LogP contribution in [0.5, 0.6) is 0 Å². The summed E-state index contributed by atoms with van der Waals surface area (Å²) in [4.78, 5) is 18.6. The first-order chi connectivity index (χ1) is 8.47. The number of nitrogens with zero attached hydrogens (tertiary/aromatic N) is 2. The van der Waals surface area contributed by atoms with E-state index >= 15 is 0 Å². The number of aromatic nitrogens is 1. The van der Waals surface area contributed by atoms with Crippen LogP contribution in [0.1, 0.15) is 32.3 Å². The molecule has 1 heterocycles. The van der Waals surface area contributed by atoms with Gasteiger partial charge in [0.2, 0.25) is 0 Å². The SMILES string of the molecule is CCC(CC)(C(=O)Cc1cnccc1N)N(C)C. The molecule has 1 aromatic heterocycles. The van der Waals surface area contributed by atoms with Gasteiger partial charge in [0.1, 0.15) is 0 Å². The second kappa shape index (κ2) is 5.96. The van der Waals surface area contributed by atoms with E-state index in [-0.39, 0.29) is 5.78 Å². The molecule has 0 aliphatic carbocycles. The number of anilines is 1. The lowest BCUT2D eigenvalue weighted by atomic mass is 9.83. The van der Waals surface area contributed by atoms with Gasteiger partial charge in [-0.3, -0.25) is 14.7 Å². The molecule has 0 saturated carbocycles. The molecular weight excluding hydrogens is 226 g/mol. The summed E-state index contributed by atoms with van der Waals surface area (Å²) in [6, 6.07) is 1.73. The van der Waals surface area contributed by atoms with Crippen molar-refractivity contribution in [1.29, 1.82) is 0 Å². The Labute approximate surface area is 109 Å². The maximum atomic E-state index is 12.6. The lowest BCUT2D eigenvalue weighted by Crippen LogP contribution is -2.51. The Kier molecular flexibility index (Phi) is 4.84. The highest BCUT2D eigenvalue weighted by Crippen LogP contribution is 2.25. The van der Waals surface area contributed by atoms with Gasteiger partial charge in [-0.1, -0.05) is 13.8 Å². The Balaban J connectivity index is 2.96. The molecule has 0 atom stereocenters. The predicted molar refractivity (Wildman–Crippen MR) is 74.4 cm³/mol. The van der Waals surface area contributed by atoms with Crippen molar-refractivity contribution in [1.82, 2.24) is 9.88 Å². The Morgan fingerprint density at radius 3 is 2.44 bits per heavy atom. The molecule has 4 heteroatoms. The van der Waals surface area contributed by atoms with E-state index in [0.717, 1.165) is 18.4 Å². The van der Waals surface area contributed by atoms with Crippen molar-refractivity contribution < 1.29 is 4.79 Å². The molecule has 0 radical (unpaired) electrons. The minimum Gasteiger partial charge on any atom is -0.398 e. The predicted octanol–water partition coefficient (Wildman–Crippen LogP) is 1.90. The van der Waals surface area contributed by atoms with Gasteiger partial charge in [-0.05, 0) is 33.0 Å². The van der Waals surface area contributed by atoms with Crippen molar-refractivity contribution >= 4 is 11.5 Å². The summed E-state index contributed by atoms with van der Waals surface area (Å²) in [5.74, 6) is 0.206. The van der Waals surface area contributed by atoms with Crippen LogP contribution >= 0.6 is 0 Å². The minimum atomic E-state index is -0.401. The highest BCUT2D eigenvalue weighted by atomic mass is 16.1. The fourth-order valence-electron chi connectivity index (χ4n) is 2.45. The first kappa shape index (κ1) is 14.6. The van der Waals surface area contributed by atoms with Crippen LogP contribution in [0.15, 0.2) is 18.5 Å². The summed E-state index contributed by atoms with van der Waals surface area (Å²) < 4.78 is 0.